The van der Waals surface area contributed by atoms with Gasteiger partial charge in [-0.25, -0.2) is 4.39 Å². The molecule has 0 unspecified atom stereocenters. The fraction of sp³-hybridized carbons (Fsp3) is 0.357. The van der Waals surface area contributed by atoms with Gasteiger partial charge in [-0.15, -0.1) is 10.2 Å². The molecule has 6 nitrogen and oxygen atoms in total. The van der Waals surface area contributed by atoms with Gasteiger partial charge in [-0.2, -0.15) is 0 Å². The molecule has 2 rings (SSSR count). The van der Waals surface area contributed by atoms with Gasteiger partial charge in [0.1, 0.15) is 5.01 Å². The van der Waals surface area contributed by atoms with Gasteiger partial charge in [0.15, 0.2) is 11.6 Å². The van der Waals surface area contributed by atoms with E-state index in [4.69, 9.17) is 4.74 Å². The molecule has 118 valence electrons. The largest absolute Gasteiger partial charge is 0.494 e. The summed E-state index contributed by atoms with van der Waals surface area (Å²) in [4.78, 5) is 14.1. The zero-order chi connectivity index (χ0) is 16.1. The zero-order valence-corrected chi connectivity index (χ0v) is 13.4. The lowest BCUT2D eigenvalue weighted by atomic mass is 10.2. The van der Waals surface area contributed by atoms with Crippen molar-refractivity contribution in [3.8, 4) is 5.75 Å². The number of benzene rings is 1. The number of halogens is 1. The van der Waals surface area contributed by atoms with Crippen LogP contribution in [-0.2, 0) is 6.42 Å². The van der Waals surface area contributed by atoms with Gasteiger partial charge >= 0.3 is 0 Å². The Kier molecular flexibility index (Phi) is 5.40. The highest BCUT2D eigenvalue weighted by molar-refractivity contribution is 7.15. The fourth-order valence-electron chi connectivity index (χ4n) is 1.70. The normalized spacial score (nSPS) is 10.8. The lowest BCUT2D eigenvalue weighted by molar-refractivity contribution is 0.102. The van der Waals surface area contributed by atoms with Crippen molar-refractivity contribution in [2.24, 2.45) is 0 Å². The number of nitrogens with one attached hydrogen (secondary N) is 1. The quantitative estimate of drug-likeness (QED) is 0.881. The van der Waals surface area contributed by atoms with Crippen LogP contribution in [0.4, 0.5) is 9.52 Å². The summed E-state index contributed by atoms with van der Waals surface area (Å²) in [6.45, 7) is 0.853. The van der Waals surface area contributed by atoms with Gasteiger partial charge in [-0.3, -0.25) is 10.1 Å². The molecule has 0 fully saturated rings. The van der Waals surface area contributed by atoms with Crippen LogP contribution in [0.15, 0.2) is 18.2 Å². The summed E-state index contributed by atoms with van der Waals surface area (Å²) in [6, 6.07) is 4.03. The zero-order valence-electron chi connectivity index (χ0n) is 12.6. The number of anilines is 1. The molecule has 1 amide bonds. The number of ether oxygens (including phenoxy) is 1. The molecule has 1 heterocycles. The van der Waals surface area contributed by atoms with E-state index in [2.05, 4.69) is 15.5 Å². The number of likely N-dealkylation sites (N-methyl/N-ethyl adjacent to an activating group) is 1. The summed E-state index contributed by atoms with van der Waals surface area (Å²) in [5, 5.41) is 11.8. The number of aromatic nitrogens is 2. The first-order chi connectivity index (χ1) is 10.5. The Labute approximate surface area is 131 Å². The molecule has 0 aliphatic rings. The second kappa shape index (κ2) is 7.28. The summed E-state index contributed by atoms with van der Waals surface area (Å²) in [5.41, 5.74) is 0.198. The van der Waals surface area contributed by atoms with E-state index in [0.29, 0.717) is 5.13 Å². The maximum absolute atomic E-state index is 13.6. The van der Waals surface area contributed by atoms with Crippen LogP contribution < -0.4 is 10.1 Å². The van der Waals surface area contributed by atoms with Crippen molar-refractivity contribution in [2.75, 3.05) is 33.1 Å². The molecule has 0 spiro atoms. The SMILES string of the molecule is COc1ccc(C(=O)Nc2nnc(CCN(C)C)s2)cc1F. The average molecular weight is 324 g/mol. The van der Waals surface area contributed by atoms with Crippen LogP contribution in [0.25, 0.3) is 0 Å². The van der Waals surface area contributed by atoms with Gasteiger partial charge in [-0.1, -0.05) is 11.3 Å². The van der Waals surface area contributed by atoms with Crippen LogP contribution >= 0.6 is 11.3 Å². The van der Waals surface area contributed by atoms with Gasteiger partial charge in [0.25, 0.3) is 5.91 Å². The number of amides is 1. The van der Waals surface area contributed by atoms with Crippen molar-refractivity contribution < 1.29 is 13.9 Å². The first-order valence-electron chi connectivity index (χ1n) is 6.61. The van der Waals surface area contributed by atoms with E-state index in [1.165, 1.54) is 30.6 Å². The Bertz CT molecular complexity index is 660. The number of rotatable bonds is 6. The second-order valence-electron chi connectivity index (χ2n) is 4.86. The highest BCUT2D eigenvalue weighted by Crippen LogP contribution is 2.20. The predicted octanol–water partition coefficient (Wildman–Crippen LogP) is 2.04. The third-order valence-corrected chi connectivity index (χ3v) is 3.77. The van der Waals surface area contributed by atoms with Crippen LogP contribution in [0.1, 0.15) is 15.4 Å². The highest BCUT2D eigenvalue weighted by Gasteiger charge is 2.13. The first kappa shape index (κ1) is 16.3. The van der Waals surface area contributed by atoms with Crippen molar-refractivity contribution >= 4 is 22.4 Å². The molecule has 8 heteroatoms. The second-order valence-corrected chi connectivity index (χ2v) is 5.92. The molecule has 0 aliphatic carbocycles. The van der Waals surface area contributed by atoms with Gasteiger partial charge in [0, 0.05) is 18.5 Å². The molecule has 1 N–H and O–H groups in total. The maximum atomic E-state index is 13.6. The molecule has 1 aromatic carbocycles. The Hall–Kier alpha value is -2.06. The Balaban J connectivity index is 2.01. The minimum atomic E-state index is -0.584. The number of carbonyl (C=O) groups excluding carboxylic acids is 1. The lowest BCUT2D eigenvalue weighted by Crippen LogP contribution is -2.14. The molecule has 0 saturated heterocycles. The van der Waals surface area contributed by atoms with Gasteiger partial charge in [0.05, 0.1) is 7.11 Å². The van der Waals surface area contributed by atoms with E-state index in [9.17, 15) is 9.18 Å². The number of hydrogen-bond acceptors (Lipinski definition) is 6. The number of hydrogen-bond donors (Lipinski definition) is 1. The molecular formula is C14H17FN4O2S. The van der Waals surface area contributed by atoms with Crippen molar-refractivity contribution in [1.29, 1.82) is 0 Å². The minimum absolute atomic E-state index is 0.0958. The van der Waals surface area contributed by atoms with Crippen LogP contribution in [0.2, 0.25) is 0 Å². The van der Waals surface area contributed by atoms with Gasteiger partial charge < -0.3 is 9.64 Å². The lowest BCUT2D eigenvalue weighted by Gasteiger charge is -2.06. The van der Waals surface area contributed by atoms with Crippen molar-refractivity contribution in [2.45, 2.75) is 6.42 Å². The monoisotopic (exact) mass is 324 g/mol. The van der Waals surface area contributed by atoms with E-state index in [1.54, 1.807) is 0 Å². The molecule has 0 aliphatic heterocycles. The number of methoxy groups -OCH3 is 1. The molecule has 22 heavy (non-hydrogen) atoms. The Morgan fingerprint density at radius 2 is 2.18 bits per heavy atom. The van der Waals surface area contributed by atoms with Crippen molar-refractivity contribution in [3.63, 3.8) is 0 Å². The topological polar surface area (TPSA) is 67.3 Å². The van der Waals surface area contributed by atoms with E-state index in [-0.39, 0.29) is 11.3 Å². The number of carbonyl (C=O) groups is 1. The fourth-order valence-corrected chi connectivity index (χ4v) is 2.42. The molecule has 2 aromatic rings. The van der Waals surface area contributed by atoms with Crippen LogP contribution in [-0.4, -0.2) is 48.8 Å². The summed E-state index contributed by atoms with van der Waals surface area (Å²) in [6.07, 6.45) is 0.762. The van der Waals surface area contributed by atoms with E-state index < -0.39 is 11.7 Å². The smallest absolute Gasteiger partial charge is 0.257 e. The van der Waals surface area contributed by atoms with Crippen LogP contribution in [0.5, 0.6) is 5.75 Å². The summed E-state index contributed by atoms with van der Waals surface area (Å²) in [5.74, 6) is -0.922. The van der Waals surface area contributed by atoms with Crippen molar-refractivity contribution in [1.82, 2.24) is 15.1 Å². The summed E-state index contributed by atoms with van der Waals surface area (Å²) >= 11 is 1.31. The highest BCUT2D eigenvalue weighted by atomic mass is 32.1. The molecular weight excluding hydrogens is 307 g/mol. The molecule has 0 radical (unpaired) electrons. The predicted molar refractivity (Wildman–Crippen MR) is 83.1 cm³/mol. The maximum Gasteiger partial charge on any atom is 0.257 e. The van der Waals surface area contributed by atoms with E-state index in [0.717, 1.165) is 24.0 Å². The molecule has 0 bridgehead atoms. The van der Waals surface area contributed by atoms with E-state index in [1.807, 2.05) is 19.0 Å². The Morgan fingerprint density at radius 3 is 2.82 bits per heavy atom. The van der Waals surface area contributed by atoms with Crippen LogP contribution in [0, 0.1) is 5.82 Å². The van der Waals surface area contributed by atoms with Crippen LogP contribution in [0.3, 0.4) is 0 Å². The molecule has 0 atom stereocenters. The Morgan fingerprint density at radius 1 is 1.41 bits per heavy atom. The third-order valence-electron chi connectivity index (χ3n) is 2.87. The number of nitrogens with zero attached hydrogens (tertiary/aromatic N) is 3. The summed E-state index contributed by atoms with van der Waals surface area (Å²) in [7, 11) is 5.32. The molecule has 1 aromatic heterocycles. The standard InChI is InChI=1S/C14H17FN4O2S/c1-19(2)7-6-12-17-18-14(22-12)16-13(20)9-4-5-11(21-3)10(15)8-9/h4-5,8H,6-7H2,1-3H3,(H,16,18,20). The molecule has 0 saturated carbocycles. The average Bonchev–Trinajstić information content (AvgIpc) is 2.92. The van der Waals surface area contributed by atoms with E-state index >= 15 is 0 Å². The summed E-state index contributed by atoms with van der Waals surface area (Å²) < 4.78 is 18.4. The van der Waals surface area contributed by atoms with Crippen molar-refractivity contribution in [3.05, 3.63) is 34.6 Å². The third kappa shape index (κ3) is 4.22. The first-order valence-corrected chi connectivity index (χ1v) is 7.43. The van der Waals surface area contributed by atoms with Gasteiger partial charge in [-0.05, 0) is 32.3 Å². The van der Waals surface area contributed by atoms with Gasteiger partial charge in [0.2, 0.25) is 5.13 Å². The minimum Gasteiger partial charge on any atom is -0.494 e.